The normalized spacial score (nSPS) is 17.7. The summed E-state index contributed by atoms with van der Waals surface area (Å²) in [5.74, 6) is 0.667. The second-order valence-electron chi connectivity index (χ2n) is 9.77. The van der Waals surface area contributed by atoms with Crippen LogP contribution in [-0.2, 0) is 22.5 Å². The highest BCUT2D eigenvalue weighted by Crippen LogP contribution is 2.43. The Labute approximate surface area is 240 Å². The number of amides is 1. The number of nitrogens with one attached hydrogen (secondary N) is 2. The molecule has 0 spiro atoms. The topological polar surface area (TPSA) is 141 Å². The maximum absolute atomic E-state index is 14.1. The van der Waals surface area contributed by atoms with Crippen molar-refractivity contribution >= 4 is 11.8 Å². The quantitative estimate of drug-likeness (QED) is 0.0778. The van der Waals surface area contributed by atoms with Crippen LogP contribution < -0.4 is 15.6 Å². The SMILES string of the molecule is CCCCNNC(=O)[C@@]1(Cc2ccccc2)N=C(c2ccc(OCCCO)cc2)O[C@H]1c1ccccc1CN=[N+]=[N-]. The van der Waals surface area contributed by atoms with E-state index in [1.165, 1.54) is 0 Å². The first-order valence-electron chi connectivity index (χ1n) is 13.9. The summed E-state index contributed by atoms with van der Waals surface area (Å²) in [6, 6.07) is 24.5. The lowest BCUT2D eigenvalue weighted by atomic mass is 9.81. The third kappa shape index (κ3) is 7.43. The number of carbonyl (C=O) groups is 1. The Morgan fingerprint density at radius 2 is 1.85 bits per heavy atom. The van der Waals surface area contributed by atoms with Gasteiger partial charge < -0.3 is 14.6 Å². The van der Waals surface area contributed by atoms with Gasteiger partial charge in [-0.05, 0) is 52.9 Å². The highest BCUT2D eigenvalue weighted by Gasteiger charge is 2.53. The van der Waals surface area contributed by atoms with Crippen molar-refractivity contribution in [3.63, 3.8) is 0 Å². The molecule has 10 nitrogen and oxygen atoms in total. The molecule has 0 saturated heterocycles. The zero-order chi connectivity index (χ0) is 28.9. The lowest BCUT2D eigenvalue weighted by Gasteiger charge is -2.31. The Kier molecular flexibility index (Phi) is 10.7. The number of hydrogen-bond acceptors (Lipinski definition) is 7. The van der Waals surface area contributed by atoms with Gasteiger partial charge in [-0.2, -0.15) is 0 Å². The van der Waals surface area contributed by atoms with Crippen LogP contribution in [-0.4, -0.2) is 42.2 Å². The summed E-state index contributed by atoms with van der Waals surface area (Å²) in [5, 5.41) is 12.8. The van der Waals surface area contributed by atoms with Crippen LogP contribution in [0.3, 0.4) is 0 Å². The summed E-state index contributed by atoms with van der Waals surface area (Å²) >= 11 is 0. The standard InChI is InChI=1S/C31H36N6O4/c1-2-3-18-33-36-30(39)31(21-23-10-5-4-6-11-23)28(27-13-8-7-12-25(27)22-34-37-32)41-29(35-31)24-14-16-26(17-15-24)40-20-9-19-38/h4-8,10-17,28,33,38H,2-3,9,18-22H2,1H3,(H,36,39)/t28-,31-/m0/s1. The molecule has 0 bridgehead atoms. The Hall–Kier alpha value is -4.37. The van der Waals surface area contributed by atoms with Gasteiger partial charge in [0.2, 0.25) is 5.90 Å². The second kappa shape index (κ2) is 14.9. The lowest BCUT2D eigenvalue weighted by Crippen LogP contribution is -2.54. The number of ether oxygens (including phenoxy) is 2. The molecule has 2 atom stereocenters. The molecule has 214 valence electrons. The molecule has 1 aliphatic heterocycles. The molecule has 1 amide bonds. The number of carbonyl (C=O) groups excluding carboxylic acids is 1. The maximum atomic E-state index is 14.1. The number of nitrogens with zero attached hydrogens (tertiary/aromatic N) is 4. The average Bonchev–Trinajstić information content (AvgIpc) is 3.39. The molecule has 3 aromatic rings. The first-order chi connectivity index (χ1) is 20.1. The van der Waals surface area contributed by atoms with E-state index < -0.39 is 11.6 Å². The summed E-state index contributed by atoms with van der Waals surface area (Å²) in [6.45, 7) is 3.28. The Morgan fingerprint density at radius 1 is 1.10 bits per heavy atom. The number of hydrazine groups is 1. The molecule has 3 aromatic carbocycles. The Morgan fingerprint density at radius 3 is 2.59 bits per heavy atom. The minimum Gasteiger partial charge on any atom is -0.494 e. The van der Waals surface area contributed by atoms with E-state index in [2.05, 4.69) is 27.8 Å². The van der Waals surface area contributed by atoms with E-state index >= 15 is 0 Å². The van der Waals surface area contributed by atoms with Gasteiger partial charge in [-0.1, -0.05) is 73.1 Å². The number of aliphatic hydroxyl groups excluding tert-OH is 1. The fourth-order valence-corrected chi connectivity index (χ4v) is 4.72. The average molecular weight is 557 g/mol. The first kappa shape index (κ1) is 29.6. The van der Waals surface area contributed by atoms with Gasteiger partial charge in [-0.3, -0.25) is 10.2 Å². The molecule has 4 rings (SSSR count). The number of unbranched alkanes of at least 4 members (excludes halogenated alkanes) is 1. The van der Waals surface area contributed by atoms with Crippen molar-refractivity contribution < 1.29 is 19.4 Å². The van der Waals surface area contributed by atoms with Crippen molar-refractivity contribution in [3.05, 3.63) is 112 Å². The highest BCUT2D eigenvalue weighted by atomic mass is 16.5. The van der Waals surface area contributed by atoms with E-state index in [1.807, 2.05) is 78.9 Å². The summed E-state index contributed by atoms with van der Waals surface area (Å²) in [5.41, 5.74) is 16.7. The number of hydrogen-bond donors (Lipinski definition) is 3. The fraction of sp³-hybridized carbons (Fsp3) is 0.355. The smallest absolute Gasteiger partial charge is 0.266 e. The molecule has 0 unspecified atom stereocenters. The molecule has 41 heavy (non-hydrogen) atoms. The molecule has 10 heteroatoms. The fourth-order valence-electron chi connectivity index (χ4n) is 4.72. The van der Waals surface area contributed by atoms with E-state index in [4.69, 9.17) is 25.1 Å². The zero-order valence-corrected chi connectivity index (χ0v) is 23.2. The molecule has 1 aliphatic rings. The highest BCUT2D eigenvalue weighted by molar-refractivity contribution is 6.01. The minimum absolute atomic E-state index is 0.0597. The molecule has 1 heterocycles. The summed E-state index contributed by atoms with van der Waals surface area (Å²) in [6.07, 6.45) is 1.91. The Bertz CT molecular complexity index is 1360. The van der Waals surface area contributed by atoms with E-state index in [0.29, 0.717) is 36.8 Å². The zero-order valence-electron chi connectivity index (χ0n) is 23.2. The van der Waals surface area contributed by atoms with E-state index in [9.17, 15) is 4.79 Å². The van der Waals surface area contributed by atoms with Crippen LogP contribution in [0.4, 0.5) is 0 Å². The van der Waals surface area contributed by atoms with E-state index in [-0.39, 0.29) is 25.5 Å². The van der Waals surface area contributed by atoms with Crippen LogP contribution in [0.5, 0.6) is 5.75 Å². The molecule has 0 fully saturated rings. The predicted octanol–water partition coefficient (Wildman–Crippen LogP) is 5.18. The Balaban J connectivity index is 1.78. The van der Waals surface area contributed by atoms with Crippen molar-refractivity contribution in [1.29, 1.82) is 0 Å². The van der Waals surface area contributed by atoms with Gasteiger partial charge in [-0.25, -0.2) is 10.4 Å². The van der Waals surface area contributed by atoms with Crippen LogP contribution in [0.2, 0.25) is 0 Å². The van der Waals surface area contributed by atoms with Gasteiger partial charge in [0.25, 0.3) is 5.91 Å². The van der Waals surface area contributed by atoms with Crippen LogP contribution >= 0.6 is 0 Å². The molecule has 3 N–H and O–H groups in total. The molecule has 0 radical (unpaired) electrons. The summed E-state index contributed by atoms with van der Waals surface area (Å²) < 4.78 is 12.3. The van der Waals surface area contributed by atoms with Crippen LogP contribution in [0, 0.1) is 0 Å². The van der Waals surface area contributed by atoms with Crippen molar-refractivity contribution in [3.8, 4) is 5.75 Å². The van der Waals surface area contributed by atoms with Crippen molar-refractivity contribution in [1.82, 2.24) is 10.9 Å². The summed E-state index contributed by atoms with van der Waals surface area (Å²) in [4.78, 5) is 22.1. The van der Waals surface area contributed by atoms with E-state index in [1.54, 1.807) is 0 Å². The van der Waals surface area contributed by atoms with Gasteiger partial charge in [0, 0.05) is 36.5 Å². The number of aliphatic imine (C=N–C) groups is 1. The van der Waals surface area contributed by atoms with Gasteiger partial charge in [-0.15, -0.1) is 0 Å². The van der Waals surface area contributed by atoms with Crippen LogP contribution in [0.1, 0.15) is 54.5 Å². The van der Waals surface area contributed by atoms with E-state index in [0.717, 1.165) is 29.5 Å². The number of aliphatic hydroxyl groups is 1. The van der Waals surface area contributed by atoms with Crippen molar-refractivity contribution in [2.45, 2.75) is 50.8 Å². The van der Waals surface area contributed by atoms with Gasteiger partial charge in [0.05, 0.1) is 13.2 Å². The maximum Gasteiger partial charge on any atom is 0.266 e. The number of azide groups is 1. The molecule has 0 saturated carbocycles. The minimum atomic E-state index is -1.36. The molecular weight excluding hydrogens is 520 g/mol. The lowest BCUT2D eigenvalue weighted by molar-refractivity contribution is -0.130. The predicted molar refractivity (Wildman–Crippen MR) is 157 cm³/mol. The van der Waals surface area contributed by atoms with Gasteiger partial charge in [0.1, 0.15) is 5.75 Å². The third-order valence-corrected chi connectivity index (χ3v) is 6.85. The van der Waals surface area contributed by atoms with Crippen LogP contribution in [0.15, 0.2) is 89.0 Å². The third-order valence-electron chi connectivity index (χ3n) is 6.85. The van der Waals surface area contributed by atoms with Gasteiger partial charge >= 0.3 is 0 Å². The second-order valence-corrected chi connectivity index (χ2v) is 9.77. The first-order valence-corrected chi connectivity index (χ1v) is 13.9. The molecule has 0 aliphatic carbocycles. The van der Waals surface area contributed by atoms with Crippen LogP contribution in [0.25, 0.3) is 10.4 Å². The summed E-state index contributed by atoms with van der Waals surface area (Å²) in [7, 11) is 0. The molecular formula is C31H36N6O4. The monoisotopic (exact) mass is 556 g/mol. The number of rotatable bonds is 15. The molecule has 0 aromatic heterocycles. The van der Waals surface area contributed by atoms with Gasteiger partial charge in [0.15, 0.2) is 11.6 Å². The number of benzene rings is 3. The van der Waals surface area contributed by atoms with Crippen molar-refractivity contribution in [2.75, 3.05) is 19.8 Å². The van der Waals surface area contributed by atoms with Crippen molar-refractivity contribution in [2.24, 2.45) is 10.1 Å². The largest absolute Gasteiger partial charge is 0.494 e.